The summed E-state index contributed by atoms with van der Waals surface area (Å²) in [5.41, 5.74) is 0.508. The summed E-state index contributed by atoms with van der Waals surface area (Å²) in [5.74, 6) is 1.58. The second-order valence-electron chi connectivity index (χ2n) is 4.61. The summed E-state index contributed by atoms with van der Waals surface area (Å²) in [6, 6.07) is 0. The Kier molecular flexibility index (Phi) is 6.71. The first-order chi connectivity index (χ1) is 8.95. The van der Waals surface area contributed by atoms with Gasteiger partial charge in [0, 0.05) is 35.4 Å². The van der Waals surface area contributed by atoms with Crippen LogP contribution in [-0.4, -0.2) is 32.0 Å². The van der Waals surface area contributed by atoms with Crippen LogP contribution in [0.4, 0.5) is 5.69 Å². The largest absolute Gasteiger partial charge is 0.382 e. The summed E-state index contributed by atoms with van der Waals surface area (Å²) in [6.45, 7) is 7.12. The van der Waals surface area contributed by atoms with E-state index >= 15 is 0 Å². The Labute approximate surface area is 124 Å². The third-order valence-electron chi connectivity index (χ3n) is 2.49. The summed E-state index contributed by atoms with van der Waals surface area (Å²) in [6.07, 6.45) is 1.63. The summed E-state index contributed by atoms with van der Waals surface area (Å²) < 4.78 is 13.2. The topological polar surface area (TPSA) is 64.0 Å². The van der Waals surface area contributed by atoms with Gasteiger partial charge in [-0.15, -0.1) is 0 Å². The van der Waals surface area contributed by atoms with Crippen LogP contribution in [0.3, 0.4) is 0 Å². The maximum absolute atomic E-state index is 12.0. The Bertz CT molecular complexity index is 502. The fourth-order valence-corrected chi connectivity index (χ4v) is 2.57. The number of rotatable bonds is 7. The molecule has 0 aromatic carbocycles. The van der Waals surface area contributed by atoms with Gasteiger partial charge in [0.15, 0.2) is 0 Å². The molecule has 7 heteroatoms. The standard InChI is InChI=1S/C12H20BrN3O2S/c1-4-19(18)6-5-14-10-7-15-16(8-9(2)3)12(17)11(10)13/h7,9,14H,4-6,8H2,1-3H3. The lowest BCUT2D eigenvalue weighted by Crippen LogP contribution is -2.26. The minimum atomic E-state index is -0.806. The maximum atomic E-state index is 12.0. The predicted molar refractivity (Wildman–Crippen MR) is 83.1 cm³/mol. The van der Waals surface area contributed by atoms with Crippen LogP contribution in [0, 0.1) is 5.92 Å². The summed E-state index contributed by atoms with van der Waals surface area (Å²) >= 11 is 3.29. The van der Waals surface area contributed by atoms with E-state index in [-0.39, 0.29) is 5.56 Å². The number of nitrogens with one attached hydrogen (secondary N) is 1. The van der Waals surface area contributed by atoms with Gasteiger partial charge in [-0.2, -0.15) is 5.10 Å². The quantitative estimate of drug-likeness (QED) is 0.815. The summed E-state index contributed by atoms with van der Waals surface area (Å²) in [5, 5.41) is 7.22. The van der Waals surface area contributed by atoms with Gasteiger partial charge in [0.2, 0.25) is 0 Å². The van der Waals surface area contributed by atoms with Crippen molar-refractivity contribution in [1.82, 2.24) is 9.78 Å². The molecular weight excluding hydrogens is 330 g/mol. The van der Waals surface area contributed by atoms with E-state index in [0.29, 0.717) is 40.7 Å². The first-order valence-electron chi connectivity index (χ1n) is 6.30. The number of anilines is 1. The van der Waals surface area contributed by atoms with Gasteiger partial charge in [-0.1, -0.05) is 20.8 Å². The van der Waals surface area contributed by atoms with Crippen molar-refractivity contribution in [2.45, 2.75) is 27.3 Å². The highest BCUT2D eigenvalue weighted by Gasteiger charge is 2.09. The lowest BCUT2D eigenvalue weighted by atomic mass is 10.2. The van der Waals surface area contributed by atoms with Crippen LogP contribution < -0.4 is 10.9 Å². The van der Waals surface area contributed by atoms with Crippen LogP contribution in [-0.2, 0) is 17.3 Å². The van der Waals surface area contributed by atoms with E-state index in [0.717, 1.165) is 0 Å². The highest BCUT2D eigenvalue weighted by Crippen LogP contribution is 2.16. The van der Waals surface area contributed by atoms with E-state index in [2.05, 4.69) is 26.3 Å². The van der Waals surface area contributed by atoms with Crippen molar-refractivity contribution in [3.63, 3.8) is 0 Å². The highest BCUT2D eigenvalue weighted by atomic mass is 79.9. The number of nitrogens with zero attached hydrogens (tertiary/aromatic N) is 2. The van der Waals surface area contributed by atoms with Gasteiger partial charge in [-0.05, 0) is 21.8 Å². The zero-order chi connectivity index (χ0) is 14.4. The van der Waals surface area contributed by atoms with Crippen molar-refractivity contribution in [3.8, 4) is 0 Å². The number of halogens is 1. The molecule has 1 aromatic rings. The van der Waals surface area contributed by atoms with Crippen molar-refractivity contribution in [3.05, 3.63) is 21.0 Å². The smallest absolute Gasteiger partial charge is 0.283 e. The molecule has 1 atom stereocenters. The van der Waals surface area contributed by atoms with Gasteiger partial charge >= 0.3 is 0 Å². The second-order valence-corrected chi connectivity index (χ2v) is 7.27. The Hall–Kier alpha value is -0.690. The van der Waals surface area contributed by atoms with Crippen molar-refractivity contribution in [2.24, 2.45) is 5.92 Å². The minimum Gasteiger partial charge on any atom is -0.382 e. The van der Waals surface area contributed by atoms with Crippen molar-refractivity contribution in [2.75, 3.05) is 23.4 Å². The predicted octanol–water partition coefficient (Wildman–Crippen LogP) is 1.84. The fourth-order valence-electron chi connectivity index (χ4n) is 1.51. The van der Waals surface area contributed by atoms with Crippen LogP contribution in [0.5, 0.6) is 0 Å². The molecule has 0 amide bonds. The molecule has 1 rings (SSSR count). The van der Waals surface area contributed by atoms with Gasteiger partial charge in [-0.3, -0.25) is 9.00 Å². The Morgan fingerprint density at radius 3 is 2.79 bits per heavy atom. The molecule has 1 aromatic heterocycles. The first-order valence-corrected chi connectivity index (χ1v) is 8.58. The minimum absolute atomic E-state index is 0.143. The number of hydrogen-bond acceptors (Lipinski definition) is 4. The molecule has 5 nitrogen and oxygen atoms in total. The Balaban J connectivity index is 2.74. The van der Waals surface area contributed by atoms with Crippen molar-refractivity contribution >= 4 is 32.4 Å². The molecule has 0 fully saturated rings. The van der Waals surface area contributed by atoms with Gasteiger partial charge in [0.25, 0.3) is 5.56 Å². The lowest BCUT2D eigenvalue weighted by Gasteiger charge is -2.11. The molecule has 19 heavy (non-hydrogen) atoms. The van der Waals surface area contributed by atoms with E-state index in [1.807, 2.05) is 20.8 Å². The van der Waals surface area contributed by atoms with Crippen molar-refractivity contribution < 1.29 is 4.21 Å². The molecule has 0 aliphatic heterocycles. The van der Waals surface area contributed by atoms with Crippen LogP contribution in [0.2, 0.25) is 0 Å². The lowest BCUT2D eigenvalue weighted by molar-refractivity contribution is 0.462. The summed E-state index contributed by atoms with van der Waals surface area (Å²) in [4.78, 5) is 12.0. The molecule has 0 saturated carbocycles. The molecule has 1 N–H and O–H groups in total. The molecule has 0 spiro atoms. The van der Waals surface area contributed by atoms with E-state index in [4.69, 9.17) is 0 Å². The SMILES string of the molecule is CCS(=O)CCNc1cnn(CC(C)C)c(=O)c1Br. The third-order valence-corrected chi connectivity index (χ3v) is 4.56. The van der Waals surface area contributed by atoms with Crippen LogP contribution >= 0.6 is 15.9 Å². The van der Waals surface area contributed by atoms with E-state index in [1.165, 1.54) is 4.68 Å². The number of hydrogen-bond donors (Lipinski definition) is 1. The zero-order valence-electron chi connectivity index (χ0n) is 11.5. The monoisotopic (exact) mass is 349 g/mol. The maximum Gasteiger partial charge on any atom is 0.283 e. The van der Waals surface area contributed by atoms with Crippen molar-refractivity contribution in [1.29, 1.82) is 0 Å². The molecule has 0 aliphatic carbocycles. The Morgan fingerprint density at radius 1 is 1.53 bits per heavy atom. The molecule has 108 valence electrons. The van der Waals surface area contributed by atoms with Crippen LogP contribution in [0.1, 0.15) is 20.8 Å². The van der Waals surface area contributed by atoms with Gasteiger partial charge in [0.1, 0.15) is 4.47 Å². The fraction of sp³-hybridized carbons (Fsp3) is 0.667. The zero-order valence-corrected chi connectivity index (χ0v) is 13.9. The third kappa shape index (κ3) is 5.06. The average molecular weight is 350 g/mol. The first kappa shape index (κ1) is 16.4. The molecule has 1 unspecified atom stereocenters. The Morgan fingerprint density at radius 2 is 2.21 bits per heavy atom. The van der Waals surface area contributed by atoms with Crippen LogP contribution in [0.15, 0.2) is 15.5 Å². The molecular formula is C12H20BrN3O2S. The molecule has 0 radical (unpaired) electrons. The van der Waals surface area contributed by atoms with Gasteiger partial charge < -0.3 is 5.32 Å². The van der Waals surface area contributed by atoms with E-state index in [9.17, 15) is 9.00 Å². The average Bonchev–Trinajstić information content (AvgIpc) is 2.37. The van der Waals surface area contributed by atoms with E-state index in [1.54, 1.807) is 6.20 Å². The molecule has 0 aliphatic rings. The van der Waals surface area contributed by atoms with Crippen LogP contribution in [0.25, 0.3) is 0 Å². The van der Waals surface area contributed by atoms with Gasteiger partial charge in [-0.25, -0.2) is 4.68 Å². The van der Waals surface area contributed by atoms with Gasteiger partial charge in [0.05, 0.1) is 11.9 Å². The normalized spacial score (nSPS) is 12.7. The molecule has 0 bridgehead atoms. The second kappa shape index (κ2) is 7.79. The van der Waals surface area contributed by atoms with E-state index < -0.39 is 10.8 Å². The molecule has 1 heterocycles. The highest BCUT2D eigenvalue weighted by molar-refractivity contribution is 9.10. The number of aromatic nitrogens is 2. The molecule has 0 saturated heterocycles. The summed E-state index contributed by atoms with van der Waals surface area (Å²) in [7, 11) is -0.806.